The third-order valence-electron chi connectivity index (χ3n) is 3.87. The summed E-state index contributed by atoms with van der Waals surface area (Å²) in [6, 6.07) is 2.90. The first-order valence-corrected chi connectivity index (χ1v) is 9.51. The minimum absolute atomic E-state index is 0.000427. The third kappa shape index (κ3) is 6.20. The second kappa shape index (κ2) is 8.32. The molecular formula is C13H27NO4Si. The standard InChI is InChI=1S/C13H27NO4Si/c1-5-19(6-2,7-3)18-11(9-12(14)15)10(4)8-13(16)17/h10-11H,5-9H2,1-4H3,(H2,14,15)(H,16,17)/t10-,11+/m1/s1. The molecule has 19 heavy (non-hydrogen) atoms. The SMILES string of the molecule is CC[Si](CC)(CC)O[C@@H](CC(N)=O)[C@H](C)CC(=O)O. The van der Waals surface area contributed by atoms with Gasteiger partial charge in [0.05, 0.1) is 18.9 Å². The fraction of sp³-hybridized carbons (Fsp3) is 0.846. The number of carbonyl (C=O) groups excluding carboxylic acids is 1. The highest BCUT2D eigenvalue weighted by Gasteiger charge is 2.35. The molecule has 1 amide bonds. The summed E-state index contributed by atoms with van der Waals surface area (Å²) in [4.78, 5) is 22.0. The van der Waals surface area contributed by atoms with Crippen LogP contribution >= 0.6 is 0 Å². The van der Waals surface area contributed by atoms with Gasteiger partial charge in [-0.2, -0.15) is 0 Å². The molecular weight excluding hydrogens is 262 g/mol. The van der Waals surface area contributed by atoms with E-state index in [1.54, 1.807) is 0 Å². The van der Waals surface area contributed by atoms with Gasteiger partial charge in [-0.15, -0.1) is 0 Å². The van der Waals surface area contributed by atoms with Crippen molar-refractivity contribution >= 4 is 20.2 Å². The van der Waals surface area contributed by atoms with Gasteiger partial charge in [0.2, 0.25) is 5.91 Å². The lowest BCUT2D eigenvalue weighted by Gasteiger charge is -2.35. The van der Waals surface area contributed by atoms with Gasteiger partial charge in [-0.25, -0.2) is 0 Å². The Hall–Kier alpha value is -0.883. The lowest BCUT2D eigenvalue weighted by Crippen LogP contribution is -2.43. The van der Waals surface area contributed by atoms with Crippen molar-refractivity contribution in [3.8, 4) is 0 Å². The maximum atomic E-state index is 11.2. The molecule has 5 nitrogen and oxygen atoms in total. The van der Waals surface area contributed by atoms with Gasteiger partial charge in [-0.1, -0.05) is 27.7 Å². The number of carboxylic acid groups (broad SMARTS) is 1. The van der Waals surface area contributed by atoms with E-state index in [0.29, 0.717) is 0 Å². The van der Waals surface area contributed by atoms with Gasteiger partial charge in [0.1, 0.15) is 0 Å². The number of amides is 1. The van der Waals surface area contributed by atoms with Crippen LogP contribution in [-0.4, -0.2) is 31.4 Å². The molecule has 6 heteroatoms. The Kier molecular flexibility index (Phi) is 7.93. The molecule has 2 atom stereocenters. The number of carbonyl (C=O) groups is 2. The van der Waals surface area contributed by atoms with E-state index in [-0.39, 0.29) is 24.9 Å². The highest BCUT2D eigenvalue weighted by molar-refractivity contribution is 6.73. The summed E-state index contributed by atoms with van der Waals surface area (Å²) >= 11 is 0. The molecule has 0 fully saturated rings. The van der Waals surface area contributed by atoms with Crippen molar-refractivity contribution in [1.82, 2.24) is 0 Å². The van der Waals surface area contributed by atoms with Gasteiger partial charge in [0.25, 0.3) is 0 Å². The number of hydrogen-bond donors (Lipinski definition) is 2. The molecule has 3 N–H and O–H groups in total. The number of nitrogens with two attached hydrogens (primary N) is 1. The summed E-state index contributed by atoms with van der Waals surface area (Å²) in [5.74, 6) is -1.52. The highest BCUT2D eigenvalue weighted by Crippen LogP contribution is 2.28. The van der Waals surface area contributed by atoms with E-state index < -0.39 is 20.2 Å². The van der Waals surface area contributed by atoms with E-state index in [1.165, 1.54) is 0 Å². The summed E-state index contributed by atoms with van der Waals surface area (Å²) < 4.78 is 6.23. The molecule has 0 spiro atoms. The fourth-order valence-corrected chi connectivity index (χ4v) is 5.24. The Balaban J connectivity index is 4.92. The van der Waals surface area contributed by atoms with Crippen LogP contribution < -0.4 is 5.73 Å². The number of hydrogen-bond acceptors (Lipinski definition) is 3. The van der Waals surface area contributed by atoms with Crippen LogP contribution in [0.2, 0.25) is 18.1 Å². The lowest BCUT2D eigenvalue weighted by atomic mass is 9.98. The van der Waals surface area contributed by atoms with E-state index in [9.17, 15) is 9.59 Å². The highest BCUT2D eigenvalue weighted by atomic mass is 28.4. The van der Waals surface area contributed by atoms with Gasteiger partial charge in [-0.3, -0.25) is 9.59 Å². The van der Waals surface area contributed by atoms with Crippen LogP contribution in [0.1, 0.15) is 40.5 Å². The van der Waals surface area contributed by atoms with E-state index in [1.807, 2.05) is 6.92 Å². The third-order valence-corrected chi connectivity index (χ3v) is 8.54. The van der Waals surface area contributed by atoms with E-state index in [0.717, 1.165) is 18.1 Å². The van der Waals surface area contributed by atoms with Crippen molar-refractivity contribution < 1.29 is 19.1 Å². The zero-order chi connectivity index (χ0) is 15.1. The lowest BCUT2D eigenvalue weighted by molar-refractivity contribution is -0.139. The van der Waals surface area contributed by atoms with E-state index >= 15 is 0 Å². The smallest absolute Gasteiger partial charge is 0.303 e. The molecule has 0 aliphatic heterocycles. The van der Waals surface area contributed by atoms with E-state index in [2.05, 4.69) is 20.8 Å². The summed E-state index contributed by atoms with van der Waals surface area (Å²) in [6.45, 7) is 8.11. The molecule has 0 heterocycles. The van der Waals surface area contributed by atoms with Gasteiger partial charge >= 0.3 is 5.97 Å². The van der Waals surface area contributed by atoms with Crippen molar-refractivity contribution in [3.63, 3.8) is 0 Å². The van der Waals surface area contributed by atoms with Crippen LogP contribution in [0.25, 0.3) is 0 Å². The van der Waals surface area contributed by atoms with Crippen LogP contribution in [0.3, 0.4) is 0 Å². The van der Waals surface area contributed by atoms with E-state index in [4.69, 9.17) is 15.3 Å². The van der Waals surface area contributed by atoms with Crippen molar-refractivity contribution in [2.45, 2.75) is 64.8 Å². The zero-order valence-electron chi connectivity index (χ0n) is 12.4. The molecule has 0 aromatic heterocycles. The second-order valence-corrected chi connectivity index (χ2v) is 9.87. The first-order chi connectivity index (χ1) is 8.80. The number of carboxylic acids is 1. The van der Waals surface area contributed by atoms with Crippen molar-refractivity contribution in [1.29, 1.82) is 0 Å². The summed E-state index contributed by atoms with van der Waals surface area (Å²) in [5, 5.41) is 8.88. The first-order valence-electron chi connectivity index (χ1n) is 6.98. The molecule has 0 unspecified atom stereocenters. The summed E-state index contributed by atoms with van der Waals surface area (Å²) in [6.07, 6.45) is -0.275. The van der Waals surface area contributed by atoms with Crippen molar-refractivity contribution in [3.05, 3.63) is 0 Å². The maximum Gasteiger partial charge on any atom is 0.303 e. The van der Waals surface area contributed by atoms with Gasteiger partial charge in [0.15, 0.2) is 8.32 Å². The van der Waals surface area contributed by atoms with Crippen LogP contribution in [0.4, 0.5) is 0 Å². The predicted molar refractivity (Wildman–Crippen MR) is 77.3 cm³/mol. The van der Waals surface area contributed by atoms with Crippen LogP contribution in [0.15, 0.2) is 0 Å². The quantitative estimate of drug-likeness (QED) is 0.604. The molecule has 112 valence electrons. The minimum Gasteiger partial charge on any atom is -0.481 e. The summed E-state index contributed by atoms with van der Waals surface area (Å²) in [5.41, 5.74) is 5.25. The molecule has 0 bridgehead atoms. The average Bonchev–Trinajstić information content (AvgIpc) is 2.33. The fourth-order valence-electron chi connectivity index (χ4n) is 2.29. The zero-order valence-corrected chi connectivity index (χ0v) is 13.4. The van der Waals surface area contributed by atoms with Crippen LogP contribution in [0, 0.1) is 5.92 Å². The number of primary amides is 1. The van der Waals surface area contributed by atoms with Gasteiger partial charge in [0, 0.05) is 0 Å². The number of aliphatic carboxylic acids is 1. The molecule has 0 saturated heterocycles. The molecule has 0 aliphatic carbocycles. The topological polar surface area (TPSA) is 89.6 Å². The molecule has 0 saturated carbocycles. The monoisotopic (exact) mass is 289 g/mol. The van der Waals surface area contributed by atoms with Crippen molar-refractivity contribution in [2.24, 2.45) is 11.7 Å². The Labute approximate surface area is 116 Å². The second-order valence-electron chi connectivity index (χ2n) is 5.15. The molecule has 0 aromatic rings. The normalized spacial score (nSPS) is 14.9. The molecule has 0 aliphatic rings. The van der Waals surface area contributed by atoms with Crippen LogP contribution in [-0.2, 0) is 14.0 Å². The molecule has 0 radical (unpaired) electrons. The average molecular weight is 289 g/mol. The minimum atomic E-state index is -1.86. The Morgan fingerprint density at radius 1 is 1.16 bits per heavy atom. The van der Waals surface area contributed by atoms with Gasteiger partial charge in [-0.05, 0) is 24.1 Å². The molecule has 0 rings (SSSR count). The van der Waals surface area contributed by atoms with Crippen molar-refractivity contribution in [2.75, 3.05) is 0 Å². The summed E-state index contributed by atoms with van der Waals surface area (Å²) in [7, 11) is -1.86. The largest absolute Gasteiger partial charge is 0.481 e. The predicted octanol–water partition coefficient (Wildman–Crippen LogP) is 2.36. The Bertz CT molecular complexity index is 297. The first kappa shape index (κ1) is 18.1. The van der Waals surface area contributed by atoms with Crippen LogP contribution in [0.5, 0.6) is 0 Å². The Morgan fingerprint density at radius 3 is 1.95 bits per heavy atom. The maximum absolute atomic E-state index is 11.2. The number of rotatable bonds is 10. The molecule has 0 aromatic carbocycles. The van der Waals surface area contributed by atoms with Gasteiger partial charge < -0.3 is 15.3 Å². The Morgan fingerprint density at radius 2 is 1.63 bits per heavy atom.